The molecule has 0 aliphatic carbocycles. The Hall–Kier alpha value is -1.44. The minimum absolute atomic E-state index is 0.0994. The summed E-state index contributed by atoms with van der Waals surface area (Å²) in [7, 11) is -3.57. The zero-order chi connectivity index (χ0) is 19.6. The van der Waals surface area contributed by atoms with Gasteiger partial charge in [-0.3, -0.25) is 4.79 Å². The largest absolute Gasteiger partial charge is 0.480 e. The molecule has 0 radical (unpaired) electrons. The highest BCUT2D eigenvalue weighted by atomic mass is 32.2. The van der Waals surface area contributed by atoms with Crippen LogP contribution in [-0.2, 0) is 14.8 Å². The molecule has 26 heavy (non-hydrogen) atoms. The summed E-state index contributed by atoms with van der Waals surface area (Å²) in [5.41, 5.74) is 4.87. The quantitative estimate of drug-likeness (QED) is 0.788. The van der Waals surface area contributed by atoms with Gasteiger partial charge < -0.3 is 10.4 Å². The summed E-state index contributed by atoms with van der Waals surface area (Å²) in [6.07, 6.45) is 1.70. The van der Waals surface area contributed by atoms with Crippen molar-refractivity contribution in [1.29, 1.82) is 0 Å². The average molecular weight is 383 g/mol. The molecule has 0 amide bonds. The molecule has 1 aliphatic rings. The van der Waals surface area contributed by atoms with Crippen LogP contribution in [0.15, 0.2) is 4.90 Å². The van der Waals surface area contributed by atoms with Crippen molar-refractivity contribution in [2.24, 2.45) is 5.92 Å². The fourth-order valence-electron chi connectivity index (χ4n) is 3.78. The van der Waals surface area contributed by atoms with Gasteiger partial charge in [-0.2, -0.15) is 4.31 Å². The Bertz CT molecular complexity index is 773. The Morgan fingerprint density at radius 2 is 1.62 bits per heavy atom. The van der Waals surface area contributed by atoms with Gasteiger partial charge in [-0.05, 0) is 87.7 Å². The van der Waals surface area contributed by atoms with E-state index < -0.39 is 16.0 Å². The SMILES string of the molecule is Cc1c(C)c(C)c(S(=O)(=O)N2CCCC(CNCC(=O)O)C2)c(C)c1C. The van der Waals surface area contributed by atoms with E-state index in [0.717, 1.165) is 40.7 Å². The number of hydrogen-bond donors (Lipinski definition) is 2. The second kappa shape index (κ2) is 8.06. The summed E-state index contributed by atoms with van der Waals surface area (Å²) < 4.78 is 28.3. The van der Waals surface area contributed by atoms with Gasteiger partial charge in [0, 0.05) is 13.1 Å². The van der Waals surface area contributed by atoms with E-state index in [1.54, 1.807) is 4.31 Å². The second-order valence-corrected chi connectivity index (χ2v) is 9.22. The van der Waals surface area contributed by atoms with E-state index in [-0.39, 0.29) is 12.5 Å². The van der Waals surface area contributed by atoms with Gasteiger partial charge in [-0.15, -0.1) is 0 Å². The van der Waals surface area contributed by atoms with Crippen molar-refractivity contribution in [2.75, 3.05) is 26.2 Å². The molecule has 6 nitrogen and oxygen atoms in total. The molecular formula is C19H30N2O4S. The lowest BCUT2D eigenvalue weighted by atomic mass is 9.95. The molecule has 1 aliphatic heterocycles. The zero-order valence-electron chi connectivity index (χ0n) is 16.3. The van der Waals surface area contributed by atoms with Crippen LogP contribution in [0.1, 0.15) is 40.7 Å². The van der Waals surface area contributed by atoms with Crippen LogP contribution in [0.2, 0.25) is 0 Å². The van der Waals surface area contributed by atoms with Crippen LogP contribution in [0, 0.1) is 40.5 Å². The summed E-state index contributed by atoms with van der Waals surface area (Å²) >= 11 is 0. The number of sulfonamides is 1. The number of carbonyl (C=O) groups is 1. The molecule has 1 aromatic carbocycles. The maximum Gasteiger partial charge on any atom is 0.317 e. The first-order valence-electron chi connectivity index (χ1n) is 9.07. The third-order valence-corrected chi connectivity index (χ3v) is 7.86. The lowest BCUT2D eigenvalue weighted by molar-refractivity contribution is -0.136. The molecule has 2 rings (SSSR count). The van der Waals surface area contributed by atoms with Gasteiger partial charge in [-0.25, -0.2) is 8.42 Å². The number of rotatable bonds is 6. The fourth-order valence-corrected chi connectivity index (χ4v) is 5.89. The van der Waals surface area contributed by atoms with E-state index in [9.17, 15) is 13.2 Å². The predicted octanol–water partition coefficient (Wildman–Crippen LogP) is 2.30. The van der Waals surface area contributed by atoms with Crippen LogP contribution in [0.3, 0.4) is 0 Å². The molecule has 0 bridgehead atoms. The molecule has 1 fully saturated rings. The van der Waals surface area contributed by atoms with E-state index in [1.807, 2.05) is 34.6 Å². The molecular weight excluding hydrogens is 352 g/mol. The number of hydrogen-bond acceptors (Lipinski definition) is 4. The molecule has 1 heterocycles. The highest BCUT2D eigenvalue weighted by molar-refractivity contribution is 7.89. The maximum absolute atomic E-state index is 13.4. The first-order chi connectivity index (χ1) is 12.1. The molecule has 2 N–H and O–H groups in total. The Morgan fingerprint density at radius 1 is 1.08 bits per heavy atom. The van der Waals surface area contributed by atoms with Crippen LogP contribution < -0.4 is 5.32 Å². The topological polar surface area (TPSA) is 86.7 Å². The van der Waals surface area contributed by atoms with E-state index in [1.165, 1.54) is 0 Å². The average Bonchev–Trinajstić information content (AvgIpc) is 2.58. The highest BCUT2D eigenvalue weighted by Gasteiger charge is 2.33. The Morgan fingerprint density at radius 3 is 2.15 bits per heavy atom. The molecule has 1 atom stereocenters. The van der Waals surface area contributed by atoms with Gasteiger partial charge >= 0.3 is 5.97 Å². The van der Waals surface area contributed by atoms with Gasteiger partial charge in [0.25, 0.3) is 0 Å². The van der Waals surface area contributed by atoms with Crippen LogP contribution in [-0.4, -0.2) is 50.0 Å². The molecule has 1 aromatic rings. The van der Waals surface area contributed by atoms with E-state index in [4.69, 9.17) is 5.11 Å². The maximum atomic E-state index is 13.4. The highest BCUT2D eigenvalue weighted by Crippen LogP contribution is 2.33. The van der Waals surface area contributed by atoms with Crippen molar-refractivity contribution in [3.8, 4) is 0 Å². The molecule has 0 spiro atoms. The van der Waals surface area contributed by atoms with Crippen LogP contribution >= 0.6 is 0 Å². The standard InChI is InChI=1S/C19H30N2O4S/c1-12-13(2)15(4)19(16(5)14(12)3)26(24,25)21-8-6-7-17(11-21)9-20-10-18(22)23/h17,20H,6-11H2,1-5H3,(H,22,23). The lowest BCUT2D eigenvalue weighted by Gasteiger charge is -2.33. The first-order valence-corrected chi connectivity index (χ1v) is 10.5. The second-order valence-electron chi connectivity index (χ2n) is 7.35. The van der Waals surface area contributed by atoms with Gasteiger partial charge in [0.2, 0.25) is 10.0 Å². The fraction of sp³-hybridized carbons (Fsp3) is 0.632. The third kappa shape index (κ3) is 4.10. The number of nitrogens with zero attached hydrogens (tertiary/aromatic N) is 1. The summed E-state index contributed by atoms with van der Waals surface area (Å²) in [6.45, 7) is 11.1. The summed E-state index contributed by atoms with van der Waals surface area (Å²) in [6, 6.07) is 0. The van der Waals surface area contributed by atoms with E-state index in [2.05, 4.69) is 5.32 Å². The Balaban J connectivity index is 2.29. The van der Waals surface area contributed by atoms with Crippen molar-refractivity contribution < 1.29 is 18.3 Å². The summed E-state index contributed by atoms with van der Waals surface area (Å²) in [5, 5.41) is 11.6. The predicted molar refractivity (Wildman–Crippen MR) is 102 cm³/mol. The van der Waals surface area contributed by atoms with Crippen molar-refractivity contribution in [3.05, 3.63) is 27.8 Å². The van der Waals surface area contributed by atoms with Crippen molar-refractivity contribution in [2.45, 2.75) is 52.4 Å². The number of piperidine rings is 1. The van der Waals surface area contributed by atoms with Crippen LogP contribution in [0.4, 0.5) is 0 Å². The minimum atomic E-state index is -3.57. The summed E-state index contributed by atoms with van der Waals surface area (Å²) in [5.74, 6) is -0.770. The zero-order valence-corrected chi connectivity index (χ0v) is 17.2. The molecule has 0 aromatic heterocycles. The van der Waals surface area contributed by atoms with E-state index in [0.29, 0.717) is 24.5 Å². The van der Waals surface area contributed by atoms with Crippen LogP contribution in [0.25, 0.3) is 0 Å². The lowest BCUT2D eigenvalue weighted by Crippen LogP contribution is -2.43. The van der Waals surface area contributed by atoms with Crippen molar-refractivity contribution in [1.82, 2.24) is 9.62 Å². The normalized spacial score (nSPS) is 18.9. The first kappa shape index (κ1) is 20.9. The molecule has 146 valence electrons. The monoisotopic (exact) mass is 382 g/mol. The van der Waals surface area contributed by atoms with Gasteiger partial charge in [0.05, 0.1) is 11.4 Å². The third-order valence-electron chi connectivity index (χ3n) is 5.72. The molecule has 1 saturated heterocycles. The van der Waals surface area contributed by atoms with Crippen LogP contribution in [0.5, 0.6) is 0 Å². The number of benzene rings is 1. The Kier molecular flexibility index (Phi) is 6.47. The van der Waals surface area contributed by atoms with E-state index >= 15 is 0 Å². The number of carboxylic acids is 1. The molecule has 1 unspecified atom stereocenters. The van der Waals surface area contributed by atoms with Gasteiger partial charge in [0.15, 0.2) is 0 Å². The number of nitrogens with one attached hydrogen (secondary N) is 1. The van der Waals surface area contributed by atoms with Gasteiger partial charge in [-0.1, -0.05) is 0 Å². The number of carboxylic acid groups (broad SMARTS) is 1. The molecule has 0 saturated carbocycles. The molecule has 7 heteroatoms. The Labute approximate surface area is 156 Å². The van der Waals surface area contributed by atoms with Crippen molar-refractivity contribution in [3.63, 3.8) is 0 Å². The minimum Gasteiger partial charge on any atom is -0.480 e. The number of aliphatic carboxylic acids is 1. The summed E-state index contributed by atoms with van der Waals surface area (Å²) in [4.78, 5) is 11.1. The van der Waals surface area contributed by atoms with Crippen molar-refractivity contribution >= 4 is 16.0 Å². The smallest absolute Gasteiger partial charge is 0.317 e. The van der Waals surface area contributed by atoms with Gasteiger partial charge in [0.1, 0.15) is 0 Å².